The number of rotatable bonds is 1. The van der Waals surface area contributed by atoms with E-state index in [4.69, 9.17) is 4.74 Å². The highest BCUT2D eigenvalue weighted by Crippen LogP contribution is 2.67. The fourth-order valence-corrected chi connectivity index (χ4v) is 8.45. The van der Waals surface area contributed by atoms with Crippen LogP contribution in [0.5, 0.6) is 0 Å². The highest BCUT2D eigenvalue weighted by Gasteiger charge is 2.65. The van der Waals surface area contributed by atoms with Crippen LogP contribution in [-0.4, -0.2) is 16.9 Å². The summed E-state index contributed by atoms with van der Waals surface area (Å²) in [4.78, 5) is 12.6. The van der Waals surface area contributed by atoms with Crippen LogP contribution in [0.15, 0.2) is 23.8 Å². The van der Waals surface area contributed by atoms with Crippen molar-refractivity contribution in [2.45, 2.75) is 78.4 Å². The van der Waals surface area contributed by atoms with Crippen molar-refractivity contribution < 1.29 is 14.6 Å². The normalized spacial score (nSPS) is 56.6. The zero-order chi connectivity index (χ0) is 20.1. The Balaban J connectivity index is 1.60. The van der Waals surface area contributed by atoms with E-state index in [9.17, 15) is 9.90 Å². The monoisotopic (exact) mass is 384 g/mol. The first-order valence-electron chi connectivity index (χ1n) is 11.4. The van der Waals surface area contributed by atoms with Crippen LogP contribution in [0.2, 0.25) is 0 Å². The lowest BCUT2D eigenvalue weighted by molar-refractivity contribution is -0.197. The molecule has 3 saturated carbocycles. The first-order chi connectivity index (χ1) is 13.1. The highest BCUT2D eigenvalue weighted by molar-refractivity contribution is 5.92. The molecule has 5 rings (SSSR count). The Morgan fingerprint density at radius 3 is 2.64 bits per heavy atom. The molecule has 0 aromatic heterocycles. The molecule has 1 aliphatic heterocycles. The zero-order valence-corrected chi connectivity index (χ0v) is 18.0. The van der Waals surface area contributed by atoms with E-state index in [2.05, 4.69) is 40.3 Å². The molecular formula is C25H36O3. The summed E-state index contributed by atoms with van der Waals surface area (Å²) in [6.45, 7) is 13.8. The van der Waals surface area contributed by atoms with Crippen molar-refractivity contribution in [2.24, 2.45) is 46.3 Å². The molecule has 9 atom stereocenters. The molecular weight excluding hydrogens is 348 g/mol. The summed E-state index contributed by atoms with van der Waals surface area (Å²) < 4.78 is 5.55. The third-order valence-electron chi connectivity index (χ3n) is 9.89. The van der Waals surface area contributed by atoms with Gasteiger partial charge < -0.3 is 9.84 Å². The molecule has 0 unspecified atom stereocenters. The summed E-state index contributed by atoms with van der Waals surface area (Å²) in [6, 6.07) is 0. The maximum absolute atomic E-state index is 12.6. The number of hydrogen-bond donors (Lipinski definition) is 1. The predicted octanol–water partition coefficient (Wildman–Crippen LogP) is 5.25. The van der Waals surface area contributed by atoms with E-state index in [1.807, 2.05) is 0 Å². The molecule has 0 radical (unpaired) electrons. The van der Waals surface area contributed by atoms with Crippen molar-refractivity contribution in [1.29, 1.82) is 0 Å². The molecule has 0 aromatic rings. The Bertz CT molecular complexity index is 768. The summed E-state index contributed by atoms with van der Waals surface area (Å²) in [5.74, 6) is 0.920. The van der Waals surface area contributed by atoms with Gasteiger partial charge in [0, 0.05) is 12.0 Å². The van der Waals surface area contributed by atoms with Crippen LogP contribution in [0.25, 0.3) is 0 Å². The molecule has 154 valence electrons. The summed E-state index contributed by atoms with van der Waals surface area (Å²) in [5.41, 5.74) is 2.79. The third-order valence-corrected chi connectivity index (χ3v) is 9.89. The van der Waals surface area contributed by atoms with E-state index < -0.39 is 5.79 Å². The van der Waals surface area contributed by atoms with Crippen LogP contribution >= 0.6 is 0 Å². The molecule has 4 fully saturated rings. The van der Waals surface area contributed by atoms with Crippen molar-refractivity contribution >= 4 is 5.97 Å². The van der Waals surface area contributed by atoms with E-state index in [1.165, 1.54) is 31.3 Å². The standard InChI is InChI=1S/C25H36O3/c1-14(2)16-8-9-23(4)10-11-24(5)13-18-15(3)12-25(27)20(18)17(22(26)28-25)6-7-19(24)21(16)23/h6,15-16,18-21,27H,1,7-13H2,2-5H3/b17-6+/t15-,16+,18-,19-,20-,21+,23-,24+,25+/m0/s1. The fraction of sp³-hybridized carbons (Fsp3) is 0.800. The van der Waals surface area contributed by atoms with Crippen LogP contribution in [0.3, 0.4) is 0 Å². The van der Waals surface area contributed by atoms with Gasteiger partial charge in [0.1, 0.15) is 0 Å². The van der Waals surface area contributed by atoms with Crippen molar-refractivity contribution in [1.82, 2.24) is 0 Å². The van der Waals surface area contributed by atoms with Crippen molar-refractivity contribution in [2.75, 3.05) is 0 Å². The molecule has 28 heavy (non-hydrogen) atoms. The minimum absolute atomic E-state index is 0.124. The van der Waals surface area contributed by atoms with Crippen molar-refractivity contribution in [3.63, 3.8) is 0 Å². The second-order valence-corrected chi connectivity index (χ2v) is 11.6. The molecule has 1 heterocycles. The summed E-state index contributed by atoms with van der Waals surface area (Å²) >= 11 is 0. The van der Waals surface area contributed by atoms with Crippen LogP contribution < -0.4 is 0 Å². The lowest BCUT2D eigenvalue weighted by Gasteiger charge is -2.55. The average molecular weight is 385 g/mol. The van der Waals surface area contributed by atoms with E-state index in [-0.39, 0.29) is 17.3 Å². The molecule has 0 bridgehead atoms. The molecule has 0 spiro atoms. The average Bonchev–Trinajstić information content (AvgIpc) is 3.13. The molecule has 1 saturated heterocycles. The number of aliphatic hydroxyl groups is 1. The maximum Gasteiger partial charge on any atom is 0.336 e. The van der Waals surface area contributed by atoms with Crippen molar-refractivity contribution in [3.05, 3.63) is 23.8 Å². The van der Waals surface area contributed by atoms with Gasteiger partial charge >= 0.3 is 5.97 Å². The molecule has 1 N–H and O–H groups in total. The minimum atomic E-state index is -1.26. The highest BCUT2D eigenvalue weighted by atomic mass is 16.7. The van der Waals surface area contributed by atoms with Gasteiger partial charge in [-0.2, -0.15) is 0 Å². The zero-order valence-electron chi connectivity index (χ0n) is 18.0. The maximum atomic E-state index is 12.6. The Kier molecular flexibility index (Phi) is 3.88. The molecule has 0 amide bonds. The molecule has 0 aromatic carbocycles. The summed E-state index contributed by atoms with van der Waals surface area (Å²) in [7, 11) is 0. The topological polar surface area (TPSA) is 46.5 Å². The molecule has 4 aliphatic carbocycles. The lowest BCUT2D eigenvalue weighted by Crippen LogP contribution is -2.48. The molecule has 3 heteroatoms. The van der Waals surface area contributed by atoms with Crippen LogP contribution in [-0.2, 0) is 9.53 Å². The van der Waals surface area contributed by atoms with E-state index in [1.54, 1.807) is 0 Å². The number of esters is 1. The second kappa shape index (κ2) is 5.74. The molecule has 3 nitrogen and oxygen atoms in total. The minimum Gasteiger partial charge on any atom is -0.429 e. The first kappa shape index (κ1) is 18.9. The Hall–Kier alpha value is -1.09. The van der Waals surface area contributed by atoms with Gasteiger partial charge in [0.15, 0.2) is 0 Å². The smallest absolute Gasteiger partial charge is 0.336 e. The van der Waals surface area contributed by atoms with Gasteiger partial charge in [-0.1, -0.05) is 39.0 Å². The second-order valence-electron chi connectivity index (χ2n) is 11.6. The quantitative estimate of drug-likeness (QED) is 0.496. The summed E-state index contributed by atoms with van der Waals surface area (Å²) in [6.07, 6.45) is 9.95. The van der Waals surface area contributed by atoms with Crippen LogP contribution in [0, 0.1) is 46.3 Å². The Labute approximate surface area is 169 Å². The van der Waals surface area contributed by atoms with E-state index >= 15 is 0 Å². The largest absolute Gasteiger partial charge is 0.429 e. The van der Waals surface area contributed by atoms with Gasteiger partial charge in [-0.05, 0) is 85.9 Å². The SMILES string of the molecule is C=C(C)[C@H]1CC[C@@]2(C)CC[C@]3(C)C[C@H]4[C@@H](C)C[C@@]5(O)OC(=O)/C(=C/C[C@H]3[C@@H]12)[C@@H]45. The number of hydrogen-bond acceptors (Lipinski definition) is 3. The number of carbonyl (C=O) groups excluding carboxylic acids is 1. The number of ether oxygens (including phenoxy) is 1. The van der Waals surface area contributed by atoms with Crippen LogP contribution in [0.1, 0.15) is 72.6 Å². The van der Waals surface area contributed by atoms with Gasteiger partial charge in [0.25, 0.3) is 0 Å². The Morgan fingerprint density at radius 2 is 1.93 bits per heavy atom. The van der Waals surface area contributed by atoms with E-state index in [0.29, 0.717) is 41.4 Å². The Morgan fingerprint density at radius 1 is 1.21 bits per heavy atom. The number of allylic oxidation sites excluding steroid dienone is 2. The number of carbonyl (C=O) groups is 1. The van der Waals surface area contributed by atoms with Gasteiger partial charge in [-0.15, -0.1) is 0 Å². The van der Waals surface area contributed by atoms with Crippen LogP contribution in [0.4, 0.5) is 0 Å². The van der Waals surface area contributed by atoms with E-state index in [0.717, 1.165) is 18.4 Å². The predicted molar refractivity (Wildman–Crippen MR) is 109 cm³/mol. The van der Waals surface area contributed by atoms with Crippen molar-refractivity contribution in [3.8, 4) is 0 Å². The fourth-order valence-electron chi connectivity index (χ4n) is 8.45. The van der Waals surface area contributed by atoms with Gasteiger partial charge in [-0.25, -0.2) is 4.79 Å². The van der Waals surface area contributed by atoms with Gasteiger partial charge in [-0.3, -0.25) is 0 Å². The molecule has 5 aliphatic rings. The lowest BCUT2D eigenvalue weighted by atomic mass is 9.49. The third kappa shape index (κ3) is 2.35. The summed E-state index contributed by atoms with van der Waals surface area (Å²) in [5, 5.41) is 11.1. The number of fused-ring (bicyclic) bond motifs is 3. The van der Waals surface area contributed by atoms with Gasteiger partial charge in [0.2, 0.25) is 5.79 Å². The first-order valence-corrected chi connectivity index (χ1v) is 11.4. The van der Waals surface area contributed by atoms with Gasteiger partial charge in [0.05, 0.1) is 5.92 Å².